The van der Waals surface area contributed by atoms with Crippen molar-refractivity contribution in [2.75, 3.05) is 0 Å². The standard InChI is InChI=1S/C10H6BrClO/c11-9-5-4-8(7-10(9)12)3-1-2-6-13/h4-7H,2H2. The van der Waals surface area contributed by atoms with Crippen LogP contribution in [0.5, 0.6) is 0 Å². The Hall–Kier alpha value is -0.780. The van der Waals surface area contributed by atoms with E-state index >= 15 is 0 Å². The predicted octanol–water partition coefficient (Wildman–Crippen LogP) is 3.04. The van der Waals surface area contributed by atoms with Gasteiger partial charge in [0.15, 0.2) is 0 Å². The Kier molecular flexibility index (Phi) is 4.01. The summed E-state index contributed by atoms with van der Waals surface area (Å²) in [6, 6.07) is 5.42. The van der Waals surface area contributed by atoms with Crippen LogP contribution in [-0.4, -0.2) is 6.29 Å². The maximum Gasteiger partial charge on any atom is 0.131 e. The molecule has 0 N–H and O–H groups in total. The lowest BCUT2D eigenvalue weighted by molar-refractivity contribution is -0.107. The molecule has 0 spiro atoms. The predicted molar refractivity (Wildman–Crippen MR) is 56.7 cm³/mol. The Morgan fingerprint density at radius 1 is 1.54 bits per heavy atom. The van der Waals surface area contributed by atoms with Crippen molar-refractivity contribution < 1.29 is 4.79 Å². The molecular formula is C10H6BrClO. The minimum absolute atomic E-state index is 0.258. The van der Waals surface area contributed by atoms with Gasteiger partial charge < -0.3 is 4.79 Å². The molecule has 0 amide bonds. The van der Waals surface area contributed by atoms with Gasteiger partial charge in [-0.2, -0.15) is 0 Å². The first-order valence-electron chi connectivity index (χ1n) is 3.61. The molecular weight excluding hydrogens is 251 g/mol. The van der Waals surface area contributed by atoms with Crippen LogP contribution in [0.1, 0.15) is 12.0 Å². The zero-order valence-corrected chi connectivity index (χ0v) is 9.02. The molecule has 1 rings (SSSR count). The average Bonchev–Trinajstić information content (AvgIpc) is 2.12. The molecule has 0 fully saturated rings. The smallest absolute Gasteiger partial charge is 0.131 e. The van der Waals surface area contributed by atoms with Gasteiger partial charge in [0.25, 0.3) is 0 Å². The Bertz CT molecular complexity index is 376. The third-order valence-electron chi connectivity index (χ3n) is 1.34. The third kappa shape index (κ3) is 3.22. The molecule has 0 aliphatic heterocycles. The Morgan fingerprint density at radius 2 is 2.31 bits per heavy atom. The number of carbonyl (C=O) groups is 1. The second kappa shape index (κ2) is 5.06. The highest BCUT2D eigenvalue weighted by Gasteiger charge is 1.95. The van der Waals surface area contributed by atoms with Crippen LogP contribution in [0, 0.1) is 11.8 Å². The first kappa shape index (κ1) is 10.3. The molecule has 1 aromatic carbocycles. The van der Waals surface area contributed by atoms with Crippen LogP contribution in [-0.2, 0) is 4.79 Å². The largest absolute Gasteiger partial charge is 0.302 e. The van der Waals surface area contributed by atoms with E-state index in [4.69, 9.17) is 11.6 Å². The molecule has 0 saturated heterocycles. The van der Waals surface area contributed by atoms with Gasteiger partial charge in [0.1, 0.15) is 6.29 Å². The zero-order valence-electron chi connectivity index (χ0n) is 6.68. The molecule has 0 aliphatic rings. The lowest BCUT2D eigenvalue weighted by Crippen LogP contribution is -1.76. The van der Waals surface area contributed by atoms with Gasteiger partial charge in [0, 0.05) is 10.0 Å². The molecule has 0 bridgehead atoms. The van der Waals surface area contributed by atoms with Crippen LogP contribution >= 0.6 is 27.5 Å². The summed E-state index contributed by atoms with van der Waals surface area (Å²) in [5.74, 6) is 5.53. The summed E-state index contributed by atoms with van der Waals surface area (Å²) in [6.07, 6.45) is 1.03. The Labute approximate surface area is 90.2 Å². The average molecular weight is 258 g/mol. The molecule has 3 heteroatoms. The number of carbonyl (C=O) groups excluding carboxylic acids is 1. The Balaban J connectivity index is 2.87. The van der Waals surface area contributed by atoms with Crippen molar-refractivity contribution in [3.8, 4) is 11.8 Å². The fourth-order valence-electron chi connectivity index (χ4n) is 0.769. The van der Waals surface area contributed by atoms with Crippen LogP contribution in [0.2, 0.25) is 5.02 Å². The summed E-state index contributed by atoms with van der Waals surface area (Å²) in [4.78, 5) is 9.98. The highest BCUT2D eigenvalue weighted by atomic mass is 79.9. The summed E-state index contributed by atoms with van der Waals surface area (Å²) in [6.45, 7) is 0. The summed E-state index contributed by atoms with van der Waals surface area (Å²) >= 11 is 9.12. The van der Waals surface area contributed by atoms with Crippen LogP contribution in [0.15, 0.2) is 22.7 Å². The molecule has 0 radical (unpaired) electrons. The van der Waals surface area contributed by atoms with E-state index in [0.29, 0.717) is 5.02 Å². The summed E-state index contributed by atoms with van der Waals surface area (Å²) in [7, 11) is 0. The van der Waals surface area contributed by atoms with Gasteiger partial charge in [-0.3, -0.25) is 0 Å². The van der Waals surface area contributed by atoms with E-state index in [1.807, 2.05) is 12.1 Å². The molecule has 1 nitrogen and oxygen atoms in total. The summed E-state index contributed by atoms with van der Waals surface area (Å²) in [5, 5.41) is 0.623. The van der Waals surface area contributed by atoms with Crippen LogP contribution in [0.25, 0.3) is 0 Å². The van der Waals surface area contributed by atoms with Crippen LogP contribution in [0.3, 0.4) is 0 Å². The second-order valence-corrected chi connectivity index (χ2v) is 3.56. The van der Waals surface area contributed by atoms with Crippen molar-refractivity contribution in [1.82, 2.24) is 0 Å². The lowest BCUT2D eigenvalue weighted by Gasteiger charge is -1.94. The molecule has 0 aliphatic carbocycles. The summed E-state index contributed by atoms with van der Waals surface area (Å²) < 4.78 is 0.843. The maximum absolute atomic E-state index is 9.98. The molecule has 0 unspecified atom stereocenters. The topological polar surface area (TPSA) is 17.1 Å². The van der Waals surface area contributed by atoms with Crippen molar-refractivity contribution in [3.05, 3.63) is 33.3 Å². The first-order chi connectivity index (χ1) is 6.24. The number of rotatable bonds is 1. The van der Waals surface area contributed by atoms with Crippen molar-refractivity contribution in [3.63, 3.8) is 0 Å². The molecule has 0 atom stereocenters. The van der Waals surface area contributed by atoms with Crippen molar-refractivity contribution >= 4 is 33.8 Å². The molecule has 0 aromatic heterocycles. The first-order valence-corrected chi connectivity index (χ1v) is 4.78. The molecule has 0 saturated carbocycles. The van der Waals surface area contributed by atoms with E-state index < -0.39 is 0 Å². The van der Waals surface area contributed by atoms with E-state index in [2.05, 4.69) is 27.8 Å². The number of hydrogen-bond acceptors (Lipinski definition) is 1. The van der Waals surface area contributed by atoms with Gasteiger partial charge in [-0.1, -0.05) is 23.4 Å². The number of benzene rings is 1. The van der Waals surface area contributed by atoms with E-state index in [-0.39, 0.29) is 6.42 Å². The number of halogens is 2. The zero-order chi connectivity index (χ0) is 9.68. The second-order valence-electron chi connectivity index (χ2n) is 2.30. The third-order valence-corrected chi connectivity index (χ3v) is 2.57. The number of hydrogen-bond donors (Lipinski definition) is 0. The van der Waals surface area contributed by atoms with Gasteiger partial charge in [-0.05, 0) is 34.1 Å². The maximum atomic E-state index is 9.98. The summed E-state index contributed by atoms with van der Waals surface area (Å²) in [5.41, 5.74) is 0.815. The lowest BCUT2D eigenvalue weighted by atomic mass is 10.2. The minimum Gasteiger partial charge on any atom is -0.302 e. The monoisotopic (exact) mass is 256 g/mol. The van der Waals surface area contributed by atoms with E-state index in [1.54, 1.807) is 6.07 Å². The van der Waals surface area contributed by atoms with Crippen molar-refractivity contribution in [2.24, 2.45) is 0 Å². The molecule has 13 heavy (non-hydrogen) atoms. The Morgan fingerprint density at radius 3 is 2.92 bits per heavy atom. The normalized spacial score (nSPS) is 8.77. The van der Waals surface area contributed by atoms with Crippen LogP contribution in [0.4, 0.5) is 0 Å². The van der Waals surface area contributed by atoms with Gasteiger partial charge in [0.05, 0.1) is 11.4 Å². The van der Waals surface area contributed by atoms with Crippen molar-refractivity contribution in [2.45, 2.75) is 6.42 Å². The van der Waals surface area contributed by atoms with Gasteiger partial charge in [-0.15, -0.1) is 0 Å². The highest BCUT2D eigenvalue weighted by molar-refractivity contribution is 9.10. The van der Waals surface area contributed by atoms with Crippen molar-refractivity contribution in [1.29, 1.82) is 0 Å². The van der Waals surface area contributed by atoms with Crippen LogP contribution < -0.4 is 0 Å². The van der Waals surface area contributed by atoms with E-state index in [9.17, 15) is 4.79 Å². The van der Waals surface area contributed by atoms with Gasteiger partial charge in [-0.25, -0.2) is 0 Å². The quantitative estimate of drug-likeness (QED) is 0.558. The molecule has 1 aromatic rings. The van der Waals surface area contributed by atoms with Gasteiger partial charge in [0.2, 0.25) is 0 Å². The minimum atomic E-state index is 0.258. The highest BCUT2D eigenvalue weighted by Crippen LogP contribution is 2.22. The fraction of sp³-hybridized carbons (Fsp3) is 0.100. The number of aldehydes is 1. The fourth-order valence-corrected chi connectivity index (χ4v) is 1.20. The van der Waals surface area contributed by atoms with E-state index in [1.165, 1.54) is 0 Å². The van der Waals surface area contributed by atoms with Gasteiger partial charge >= 0.3 is 0 Å². The molecule has 0 heterocycles. The SMILES string of the molecule is O=CCC#Cc1ccc(Br)c(Cl)c1. The van der Waals surface area contributed by atoms with E-state index in [0.717, 1.165) is 16.3 Å². The molecule has 66 valence electrons.